The van der Waals surface area contributed by atoms with Gasteiger partial charge in [-0.15, -0.1) is 0 Å². The first-order chi connectivity index (χ1) is 9.10. The van der Waals surface area contributed by atoms with Gasteiger partial charge in [0.15, 0.2) is 0 Å². The van der Waals surface area contributed by atoms with Gasteiger partial charge in [0.1, 0.15) is 11.6 Å². The lowest BCUT2D eigenvalue weighted by molar-refractivity contribution is 0.209. The minimum absolute atomic E-state index is 0.168. The number of hydrogen-bond donors (Lipinski definition) is 2. The highest BCUT2D eigenvalue weighted by molar-refractivity contribution is 6.31. The highest BCUT2D eigenvalue weighted by Crippen LogP contribution is 2.30. The van der Waals surface area contributed by atoms with Crippen molar-refractivity contribution in [3.05, 3.63) is 41.4 Å². The van der Waals surface area contributed by atoms with Crippen molar-refractivity contribution in [2.75, 3.05) is 12.4 Å². The molecule has 19 heavy (non-hydrogen) atoms. The number of rotatable bonds is 3. The van der Waals surface area contributed by atoms with Gasteiger partial charge in [-0.05, 0) is 24.3 Å². The fraction of sp³-hybridized carbons (Fsp3) is 0.0769. The molecule has 2 aromatic rings. The molecule has 1 heterocycles. The van der Waals surface area contributed by atoms with Gasteiger partial charge in [0, 0.05) is 10.6 Å². The Morgan fingerprint density at radius 3 is 2.79 bits per heavy atom. The van der Waals surface area contributed by atoms with Gasteiger partial charge in [-0.1, -0.05) is 23.7 Å². The Morgan fingerprint density at radius 2 is 2.11 bits per heavy atom. The number of amides is 1. The highest BCUT2D eigenvalue weighted by atomic mass is 35.5. The number of pyridine rings is 1. The molecule has 1 aromatic carbocycles. The van der Waals surface area contributed by atoms with Crippen molar-refractivity contribution in [2.24, 2.45) is 0 Å². The monoisotopic (exact) mass is 278 g/mol. The fourth-order valence-electron chi connectivity index (χ4n) is 1.67. The van der Waals surface area contributed by atoms with Crippen LogP contribution in [-0.4, -0.2) is 23.3 Å². The number of carbonyl (C=O) groups is 1. The molecule has 0 saturated heterocycles. The summed E-state index contributed by atoms with van der Waals surface area (Å²) in [6, 6.07) is 10.4. The number of carboxylic acid groups (broad SMARTS) is 1. The third-order valence-electron chi connectivity index (χ3n) is 2.41. The Balaban J connectivity index is 2.49. The van der Waals surface area contributed by atoms with Crippen molar-refractivity contribution in [1.29, 1.82) is 0 Å². The summed E-state index contributed by atoms with van der Waals surface area (Å²) in [5, 5.41) is 11.3. The number of benzene rings is 1. The second-order valence-electron chi connectivity index (χ2n) is 3.69. The van der Waals surface area contributed by atoms with Gasteiger partial charge in [0.05, 0.1) is 12.8 Å². The highest BCUT2D eigenvalue weighted by Gasteiger charge is 2.10. The van der Waals surface area contributed by atoms with Crippen LogP contribution < -0.4 is 10.1 Å². The molecule has 0 atom stereocenters. The van der Waals surface area contributed by atoms with E-state index in [1.165, 1.54) is 6.07 Å². The number of methoxy groups -OCH3 is 1. The first-order valence-corrected chi connectivity index (χ1v) is 5.79. The van der Waals surface area contributed by atoms with Crippen molar-refractivity contribution < 1.29 is 14.6 Å². The standard InChI is InChI=1S/C13H11ClN2O3/c1-19-11-5-3-2-4-9(11)10-6-8(14)7-12(15-10)16-13(17)18/h2-7H,1H3,(H,15,16)(H,17,18). The zero-order valence-corrected chi connectivity index (χ0v) is 10.8. The number of ether oxygens (including phenoxy) is 1. The zero-order chi connectivity index (χ0) is 13.8. The molecule has 98 valence electrons. The van der Waals surface area contributed by atoms with Crippen LogP contribution in [0.1, 0.15) is 0 Å². The number of nitrogens with zero attached hydrogens (tertiary/aromatic N) is 1. The quantitative estimate of drug-likeness (QED) is 0.901. The summed E-state index contributed by atoms with van der Waals surface area (Å²) in [5.74, 6) is 0.805. The molecule has 5 nitrogen and oxygen atoms in total. The van der Waals surface area contributed by atoms with Crippen LogP contribution in [0.25, 0.3) is 11.3 Å². The topological polar surface area (TPSA) is 71.5 Å². The average molecular weight is 279 g/mol. The van der Waals surface area contributed by atoms with Crippen molar-refractivity contribution >= 4 is 23.5 Å². The summed E-state index contributed by atoms with van der Waals surface area (Å²) in [6.07, 6.45) is -1.19. The van der Waals surface area contributed by atoms with Crippen molar-refractivity contribution in [3.8, 4) is 17.0 Å². The van der Waals surface area contributed by atoms with Crippen LogP contribution in [0.4, 0.5) is 10.6 Å². The molecule has 1 amide bonds. The average Bonchev–Trinajstić information content (AvgIpc) is 2.37. The fourth-order valence-corrected chi connectivity index (χ4v) is 1.87. The maximum atomic E-state index is 10.6. The summed E-state index contributed by atoms with van der Waals surface area (Å²) >= 11 is 5.97. The lowest BCUT2D eigenvalue weighted by Gasteiger charge is -2.09. The lowest BCUT2D eigenvalue weighted by Crippen LogP contribution is -2.09. The smallest absolute Gasteiger partial charge is 0.410 e. The van der Waals surface area contributed by atoms with E-state index in [4.69, 9.17) is 21.4 Å². The Labute approximate surface area is 114 Å². The number of hydrogen-bond acceptors (Lipinski definition) is 3. The molecule has 0 fully saturated rings. The molecule has 2 rings (SSSR count). The summed E-state index contributed by atoms with van der Waals surface area (Å²) in [7, 11) is 1.56. The van der Waals surface area contributed by atoms with Gasteiger partial charge >= 0.3 is 6.09 Å². The van der Waals surface area contributed by atoms with E-state index in [0.717, 1.165) is 5.56 Å². The van der Waals surface area contributed by atoms with Crippen LogP contribution in [0, 0.1) is 0 Å². The Hall–Kier alpha value is -2.27. The molecular formula is C13H11ClN2O3. The van der Waals surface area contributed by atoms with Gasteiger partial charge < -0.3 is 9.84 Å². The Morgan fingerprint density at radius 1 is 1.37 bits per heavy atom. The van der Waals surface area contributed by atoms with Crippen LogP contribution in [0.5, 0.6) is 5.75 Å². The molecule has 0 radical (unpaired) electrons. The van der Waals surface area contributed by atoms with E-state index in [2.05, 4.69) is 10.3 Å². The van der Waals surface area contributed by atoms with E-state index in [1.807, 2.05) is 18.2 Å². The lowest BCUT2D eigenvalue weighted by atomic mass is 10.1. The molecule has 0 unspecified atom stereocenters. The Bertz CT molecular complexity index is 617. The van der Waals surface area contributed by atoms with Crippen LogP contribution in [0.3, 0.4) is 0 Å². The van der Waals surface area contributed by atoms with Gasteiger partial charge in [0.25, 0.3) is 0 Å². The van der Waals surface area contributed by atoms with E-state index in [9.17, 15) is 4.79 Å². The molecule has 0 aliphatic rings. The van der Waals surface area contributed by atoms with E-state index >= 15 is 0 Å². The van der Waals surface area contributed by atoms with Crippen molar-refractivity contribution in [2.45, 2.75) is 0 Å². The second-order valence-corrected chi connectivity index (χ2v) is 4.12. The molecule has 2 N–H and O–H groups in total. The summed E-state index contributed by atoms with van der Waals surface area (Å²) in [5.41, 5.74) is 1.27. The third kappa shape index (κ3) is 3.14. The SMILES string of the molecule is COc1ccccc1-c1cc(Cl)cc(NC(=O)O)n1. The molecular weight excluding hydrogens is 268 g/mol. The van der Waals surface area contributed by atoms with Gasteiger partial charge in [-0.3, -0.25) is 5.32 Å². The predicted molar refractivity (Wildman–Crippen MR) is 72.9 cm³/mol. The molecule has 0 bridgehead atoms. The molecule has 0 saturated carbocycles. The first kappa shape index (κ1) is 13.2. The second kappa shape index (κ2) is 5.58. The van der Waals surface area contributed by atoms with Crippen molar-refractivity contribution in [1.82, 2.24) is 4.98 Å². The number of halogens is 1. The third-order valence-corrected chi connectivity index (χ3v) is 2.63. The first-order valence-electron chi connectivity index (χ1n) is 5.41. The number of aromatic nitrogens is 1. The largest absolute Gasteiger partial charge is 0.496 e. The summed E-state index contributed by atoms with van der Waals surface area (Å²) in [6.45, 7) is 0. The van der Waals surface area contributed by atoms with E-state index in [1.54, 1.807) is 19.2 Å². The molecule has 6 heteroatoms. The van der Waals surface area contributed by atoms with Crippen LogP contribution in [0.15, 0.2) is 36.4 Å². The van der Waals surface area contributed by atoms with E-state index < -0.39 is 6.09 Å². The number of anilines is 1. The zero-order valence-electron chi connectivity index (χ0n) is 10.1. The van der Waals surface area contributed by atoms with Crippen LogP contribution >= 0.6 is 11.6 Å². The minimum atomic E-state index is -1.19. The van der Waals surface area contributed by atoms with Crippen LogP contribution in [0.2, 0.25) is 5.02 Å². The molecule has 1 aromatic heterocycles. The molecule has 0 aliphatic carbocycles. The minimum Gasteiger partial charge on any atom is -0.496 e. The van der Waals surface area contributed by atoms with Crippen molar-refractivity contribution in [3.63, 3.8) is 0 Å². The number of para-hydroxylation sites is 1. The summed E-state index contributed by atoms with van der Waals surface area (Å²) < 4.78 is 5.24. The summed E-state index contributed by atoms with van der Waals surface area (Å²) in [4.78, 5) is 14.8. The van der Waals surface area contributed by atoms with E-state index in [-0.39, 0.29) is 5.82 Å². The van der Waals surface area contributed by atoms with Gasteiger partial charge in [-0.25, -0.2) is 9.78 Å². The number of nitrogens with one attached hydrogen (secondary N) is 1. The molecule has 0 spiro atoms. The Kier molecular flexibility index (Phi) is 3.87. The predicted octanol–water partition coefficient (Wildman–Crippen LogP) is 3.50. The maximum Gasteiger partial charge on any atom is 0.410 e. The normalized spacial score (nSPS) is 10.0. The van der Waals surface area contributed by atoms with E-state index in [0.29, 0.717) is 16.5 Å². The molecule has 0 aliphatic heterocycles. The van der Waals surface area contributed by atoms with Crippen LogP contribution in [-0.2, 0) is 0 Å². The van der Waals surface area contributed by atoms with Gasteiger partial charge in [-0.2, -0.15) is 0 Å². The van der Waals surface area contributed by atoms with Gasteiger partial charge in [0.2, 0.25) is 0 Å². The maximum absolute atomic E-state index is 10.6.